The number of hydrogen-bond donors (Lipinski definition) is 1. The highest BCUT2D eigenvalue weighted by Crippen LogP contribution is 2.21. The molecule has 0 fully saturated rings. The predicted molar refractivity (Wildman–Crippen MR) is 101 cm³/mol. The van der Waals surface area contributed by atoms with Crippen LogP contribution in [0.15, 0.2) is 48.5 Å². The number of ether oxygens (including phenoxy) is 2. The molecule has 2 atom stereocenters. The minimum atomic E-state index is -0.530. The fourth-order valence-corrected chi connectivity index (χ4v) is 2.32. The van der Waals surface area contributed by atoms with Gasteiger partial charge in [-0.1, -0.05) is 32.0 Å². The smallest absolute Gasteiger partial charge is 0.265 e. The third kappa shape index (κ3) is 5.52. The van der Waals surface area contributed by atoms with Crippen molar-refractivity contribution in [2.75, 3.05) is 5.32 Å². The van der Waals surface area contributed by atoms with E-state index in [-0.39, 0.29) is 12.0 Å². The van der Waals surface area contributed by atoms with Crippen molar-refractivity contribution in [3.05, 3.63) is 54.1 Å². The largest absolute Gasteiger partial charge is 0.491 e. The lowest BCUT2D eigenvalue weighted by Gasteiger charge is -2.19. The highest BCUT2D eigenvalue weighted by molar-refractivity contribution is 5.94. The Morgan fingerprint density at radius 2 is 1.68 bits per heavy atom. The number of benzene rings is 2. The van der Waals surface area contributed by atoms with Crippen LogP contribution < -0.4 is 14.8 Å². The number of anilines is 1. The molecule has 0 saturated carbocycles. The van der Waals surface area contributed by atoms with E-state index in [1.165, 1.54) is 0 Å². The van der Waals surface area contributed by atoms with Crippen molar-refractivity contribution in [3.63, 3.8) is 0 Å². The summed E-state index contributed by atoms with van der Waals surface area (Å²) in [5.41, 5.74) is 1.74. The van der Waals surface area contributed by atoms with Crippen molar-refractivity contribution >= 4 is 11.6 Å². The molecular weight excluding hydrogens is 314 g/mol. The van der Waals surface area contributed by atoms with Gasteiger partial charge >= 0.3 is 0 Å². The van der Waals surface area contributed by atoms with E-state index in [4.69, 9.17) is 9.47 Å². The molecule has 2 aromatic carbocycles. The lowest BCUT2D eigenvalue weighted by molar-refractivity contribution is -0.122. The molecule has 2 aromatic rings. The van der Waals surface area contributed by atoms with Gasteiger partial charge in [0, 0.05) is 5.69 Å². The molecule has 1 N–H and O–H groups in total. The van der Waals surface area contributed by atoms with Gasteiger partial charge in [-0.25, -0.2) is 0 Å². The SMILES string of the molecule is CCC(C)Oc1ccc(NC(=O)C(CC)Oc2ccccc2C)cc1. The van der Waals surface area contributed by atoms with Crippen LogP contribution in [0.2, 0.25) is 0 Å². The molecule has 0 heterocycles. The molecule has 0 aromatic heterocycles. The van der Waals surface area contributed by atoms with E-state index < -0.39 is 6.10 Å². The normalized spacial score (nSPS) is 13.0. The molecule has 2 rings (SSSR count). The number of carbonyl (C=O) groups excluding carboxylic acids is 1. The second-order valence-corrected chi connectivity index (χ2v) is 6.13. The number of aryl methyl sites for hydroxylation is 1. The molecule has 0 aliphatic heterocycles. The van der Waals surface area contributed by atoms with Gasteiger partial charge in [-0.15, -0.1) is 0 Å². The third-order valence-electron chi connectivity index (χ3n) is 4.06. The first-order valence-electron chi connectivity index (χ1n) is 8.83. The zero-order chi connectivity index (χ0) is 18.2. The molecule has 4 heteroatoms. The molecule has 0 radical (unpaired) electrons. The first-order valence-corrected chi connectivity index (χ1v) is 8.83. The number of amides is 1. The van der Waals surface area contributed by atoms with Crippen molar-refractivity contribution in [3.8, 4) is 11.5 Å². The van der Waals surface area contributed by atoms with Crippen LogP contribution in [0.1, 0.15) is 39.2 Å². The van der Waals surface area contributed by atoms with E-state index >= 15 is 0 Å². The zero-order valence-electron chi connectivity index (χ0n) is 15.4. The van der Waals surface area contributed by atoms with Gasteiger partial charge in [-0.3, -0.25) is 4.79 Å². The van der Waals surface area contributed by atoms with Crippen LogP contribution in [0.4, 0.5) is 5.69 Å². The molecule has 2 unspecified atom stereocenters. The summed E-state index contributed by atoms with van der Waals surface area (Å²) in [6, 6.07) is 15.1. The van der Waals surface area contributed by atoms with E-state index in [9.17, 15) is 4.79 Å². The zero-order valence-corrected chi connectivity index (χ0v) is 15.4. The van der Waals surface area contributed by atoms with E-state index in [0.29, 0.717) is 6.42 Å². The molecular formula is C21H27NO3. The second-order valence-electron chi connectivity index (χ2n) is 6.13. The Morgan fingerprint density at radius 1 is 1.00 bits per heavy atom. The molecule has 4 nitrogen and oxygen atoms in total. The van der Waals surface area contributed by atoms with Crippen molar-refractivity contribution < 1.29 is 14.3 Å². The standard InChI is InChI=1S/C21H27NO3/c1-5-16(4)24-18-13-11-17(12-14-18)22-21(23)19(6-2)25-20-10-8-7-9-15(20)3/h7-14,16,19H,5-6H2,1-4H3,(H,22,23). The summed E-state index contributed by atoms with van der Waals surface area (Å²) in [7, 11) is 0. The Balaban J connectivity index is 1.98. The fraction of sp³-hybridized carbons (Fsp3) is 0.381. The van der Waals surface area contributed by atoms with Crippen molar-refractivity contribution in [1.29, 1.82) is 0 Å². The van der Waals surface area contributed by atoms with Crippen molar-refractivity contribution in [2.24, 2.45) is 0 Å². The van der Waals surface area contributed by atoms with Crippen LogP contribution in [-0.2, 0) is 4.79 Å². The number of carbonyl (C=O) groups is 1. The first-order chi connectivity index (χ1) is 12.0. The highest BCUT2D eigenvalue weighted by Gasteiger charge is 2.19. The Hall–Kier alpha value is -2.49. The van der Waals surface area contributed by atoms with Crippen LogP contribution in [0.5, 0.6) is 11.5 Å². The molecule has 0 spiro atoms. The summed E-state index contributed by atoms with van der Waals surface area (Å²) in [4.78, 5) is 12.5. The van der Waals surface area contributed by atoms with Gasteiger partial charge in [0.05, 0.1) is 6.10 Å². The maximum Gasteiger partial charge on any atom is 0.265 e. The van der Waals surface area contributed by atoms with Crippen LogP contribution in [-0.4, -0.2) is 18.1 Å². The maximum atomic E-state index is 12.5. The highest BCUT2D eigenvalue weighted by atomic mass is 16.5. The van der Waals surface area contributed by atoms with Crippen molar-refractivity contribution in [2.45, 2.75) is 52.7 Å². The average molecular weight is 341 g/mol. The molecule has 0 saturated heterocycles. The predicted octanol–water partition coefficient (Wildman–Crippen LogP) is 4.97. The Kier molecular flexibility index (Phi) is 6.87. The topological polar surface area (TPSA) is 47.6 Å². The number of hydrogen-bond acceptors (Lipinski definition) is 3. The van der Waals surface area contributed by atoms with E-state index in [1.807, 2.05) is 69.3 Å². The number of nitrogens with one attached hydrogen (secondary N) is 1. The Morgan fingerprint density at radius 3 is 2.28 bits per heavy atom. The lowest BCUT2D eigenvalue weighted by atomic mass is 10.2. The maximum absolute atomic E-state index is 12.5. The van der Waals surface area contributed by atoms with Gasteiger partial charge in [-0.05, 0) is 62.6 Å². The van der Waals surface area contributed by atoms with Crippen LogP contribution in [0.3, 0.4) is 0 Å². The fourth-order valence-electron chi connectivity index (χ4n) is 2.32. The number of para-hydroxylation sites is 1. The molecule has 0 bridgehead atoms. The summed E-state index contributed by atoms with van der Waals surface area (Å²) in [5.74, 6) is 1.39. The van der Waals surface area contributed by atoms with Gasteiger partial charge < -0.3 is 14.8 Å². The van der Waals surface area contributed by atoms with Gasteiger partial charge in [0.25, 0.3) is 5.91 Å². The van der Waals surface area contributed by atoms with Crippen LogP contribution in [0.25, 0.3) is 0 Å². The molecule has 25 heavy (non-hydrogen) atoms. The Labute approximate surface area is 150 Å². The summed E-state index contributed by atoms with van der Waals surface area (Å²) < 4.78 is 11.6. The van der Waals surface area contributed by atoms with Gasteiger partial charge in [0.2, 0.25) is 0 Å². The quantitative estimate of drug-likeness (QED) is 0.737. The Bertz CT molecular complexity index is 682. The molecule has 134 valence electrons. The van der Waals surface area contributed by atoms with E-state index in [1.54, 1.807) is 0 Å². The summed E-state index contributed by atoms with van der Waals surface area (Å²) in [6.45, 7) is 8.02. The summed E-state index contributed by atoms with van der Waals surface area (Å²) in [6.07, 6.45) is 1.19. The first kappa shape index (κ1) is 18.8. The van der Waals surface area contributed by atoms with E-state index in [0.717, 1.165) is 29.2 Å². The third-order valence-corrected chi connectivity index (χ3v) is 4.06. The monoisotopic (exact) mass is 341 g/mol. The summed E-state index contributed by atoms with van der Waals surface area (Å²) >= 11 is 0. The molecule has 0 aliphatic rings. The van der Waals surface area contributed by atoms with E-state index in [2.05, 4.69) is 12.2 Å². The average Bonchev–Trinajstić information content (AvgIpc) is 2.62. The lowest BCUT2D eigenvalue weighted by Crippen LogP contribution is -2.32. The van der Waals surface area contributed by atoms with Crippen LogP contribution >= 0.6 is 0 Å². The second kappa shape index (κ2) is 9.11. The molecule has 0 aliphatic carbocycles. The van der Waals surface area contributed by atoms with Gasteiger partial charge in [0.15, 0.2) is 6.10 Å². The van der Waals surface area contributed by atoms with Gasteiger partial charge in [-0.2, -0.15) is 0 Å². The van der Waals surface area contributed by atoms with Crippen LogP contribution in [0, 0.1) is 6.92 Å². The van der Waals surface area contributed by atoms with Gasteiger partial charge in [0.1, 0.15) is 11.5 Å². The molecule has 1 amide bonds. The van der Waals surface area contributed by atoms with Crippen molar-refractivity contribution in [1.82, 2.24) is 0 Å². The summed E-state index contributed by atoms with van der Waals surface area (Å²) in [5, 5.41) is 2.91. The number of rotatable bonds is 8. The minimum Gasteiger partial charge on any atom is -0.491 e. The minimum absolute atomic E-state index is 0.152.